The van der Waals surface area contributed by atoms with Crippen LogP contribution in [0.15, 0.2) is 11.7 Å². The molecule has 5 nitrogen and oxygen atoms in total. The van der Waals surface area contributed by atoms with Crippen molar-refractivity contribution in [2.45, 2.75) is 38.1 Å². The van der Waals surface area contributed by atoms with E-state index in [4.69, 9.17) is 0 Å². The molecular weight excluding hydrogens is 252 g/mol. The third-order valence-electron chi connectivity index (χ3n) is 3.44. The van der Waals surface area contributed by atoms with E-state index in [0.29, 0.717) is 24.3 Å². The highest BCUT2D eigenvalue weighted by atomic mass is 32.1. The molecule has 2 heterocycles. The van der Waals surface area contributed by atoms with E-state index in [1.165, 1.54) is 22.4 Å². The smallest absolute Gasteiger partial charge is 0.329 e. The molecule has 0 aliphatic carbocycles. The fourth-order valence-corrected chi connectivity index (χ4v) is 3.20. The number of carbonyl (C=O) groups excluding carboxylic acids is 1. The number of amides is 1. The van der Waals surface area contributed by atoms with Crippen LogP contribution in [0.25, 0.3) is 0 Å². The van der Waals surface area contributed by atoms with Crippen molar-refractivity contribution >= 4 is 23.2 Å². The molecule has 1 aromatic heterocycles. The number of likely N-dealkylation sites (tertiary alicyclic amines) is 1. The molecule has 0 saturated carbocycles. The lowest BCUT2D eigenvalue weighted by molar-refractivity contribution is -0.148. The molecule has 18 heavy (non-hydrogen) atoms. The molecule has 1 aliphatic rings. The van der Waals surface area contributed by atoms with Gasteiger partial charge in [0, 0.05) is 6.54 Å². The molecule has 1 atom stereocenters. The molecule has 1 unspecified atom stereocenters. The Morgan fingerprint density at radius 1 is 1.61 bits per heavy atom. The van der Waals surface area contributed by atoms with Gasteiger partial charge in [-0.05, 0) is 19.3 Å². The molecular formula is C12H16N2O3S. The van der Waals surface area contributed by atoms with E-state index in [1.807, 2.05) is 6.92 Å². The minimum atomic E-state index is -1.02. The Hall–Kier alpha value is -1.43. The molecule has 0 spiro atoms. The van der Waals surface area contributed by atoms with Crippen LogP contribution in [0.1, 0.15) is 42.3 Å². The Kier molecular flexibility index (Phi) is 3.65. The molecule has 2 rings (SSSR count). The Morgan fingerprint density at radius 2 is 2.39 bits per heavy atom. The third kappa shape index (κ3) is 2.01. The second-order valence-corrected chi connectivity index (χ2v) is 5.40. The van der Waals surface area contributed by atoms with Crippen molar-refractivity contribution in [3.05, 3.63) is 16.6 Å². The average Bonchev–Trinajstić information content (AvgIpc) is 2.98. The minimum Gasteiger partial charge on any atom is -0.479 e. The van der Waals surface area contributed by atoms with Gasteiger partial charge >= 0.3 is 5.97 Å². The third-order valence-corrected chi connectivity index (χ3v) is 4.20. The van der Waals surface area contributed by atoms with E-state index in [1.54, 1.807) is 5.51 Å². The van der Waals surface area contributed by atoms with E-state index in [2.05, 4.69) is 4.98 Å². The SMILES string of the molecule is CCCC1(C(=O)O)CCCN1C(=O)c1cncs1. The summed E-state index contributed by atoms with van der Waals surface area (Å²) in [5.74, 6) is -1.09. The molecule has 0 radical (unpaired) electrons. The van der Waals surface area contributed by atoms with Crippen LogP contribution in [0.4, 0.5) is 0 Å². The van der Waals surface area contributed by atoms with Gasteiger partial charge in [-0.25, -0.2) is 4.79 Å². The standard InChI is InChI=1S/C12H16N2O3S/c1-2-4-12(11(16)17)5-3-6-14(12)10(15)9-7-13-8-18-9/h7-8H,2-6H2,1H3,(H,16,17). The average molecular weight is 268 g/mol. The molecule has 1 aromatic rings. The van der Waals surface area contributed by atoms with Crippen LogP contribution >= 0.6 is 11.3 Å². The van der Waals surface area contributed by atoms with E-state index in [0.717, 1.165) is 12.8 Å². The van der Waals surface area contributed by atoms with Crippen LogP contribution in [-0.2, 0) is 4.79 Å². The van der Waals surface area contributed by atoms with E-state index in [-0.39, 0.29) is 5.91 Å². The quantitative estimate of drug-likeness (QED) is 0.906. The normalized spacial score (nSPS) is 23.3. The first-order valence-corrected chi connectivity index (χ1v) is 6.93. The maximum atomic E-state index is 12.3. The fourth-order valence-electron chi connectivity index (χ4n) is 2.63. The summed E-state index contributed by atoms with van der Waals surface area (Å²) in [6, 6.07) is 0. The van der Waals surface area contributed by atoms with Gasteiger partial charge in [-0.2, -0.15) is 0 Å². The molecule has 1 aliphatic heterocycles. The van der Waals surface area contributed by atoms with Crippen molar-refractivity contribution in [3.8, 4) is 0 Å². The number of thiazole rings is 1. The molecule has 1 amide bonds. The van der Waals surface area contributed by atoms with Crippen LogP contribution in [0.2, 0.25) is 0 Å². The van der Waals surface area contributed by atoms with Crippen molar-refractivity contribution in [1.82, 2.24) is 9.88 Å². The van der Waals surface area contributed by atoms with Crippen molar-refractivity contribution in [1.29, 1.82) is 0 Å². The zero-order valence-electron chi connectivity index (χ0n) is 10.3. The first-order valence-electron chi connectivity index (χ1n) is 6.05. The maximum Gasteiger partial charge on any atom is 0.329 e. The van der Waals surface area contributed by atoms with Gasteiger partial charge in [0.1, 0.15) is 10.4 Å². The lowest BCUT2D eigenvalue weighted by Crippen LogP contribution is -2.52. The monoisotopic (exact) mass is 268 g/mol. The van der Waals surface area contributed by atoms with Crippen LogP contribution in [0.3, 0.4) is 0 Å². The van der Waals surface area contributed by atoms with Crippen LogP contribution < -0.4 is 0 Å². The number of carboxylic acids is 1. The first-order chi connectivity index (χ1) is 8.62. The summed E-state index contributed by atoms with van der Waals surface area (Å²) in [6.45, 7) is 2.46. The number of rotatable bonds is 4. The zero-order chi connectivity index (χ0) is 13.2. The highest BCUT2D eigenvalue weighted by Crippen LogP contribution is 2.35. The van der Waals surface area contributed by atoms with Gasteiger partial charge in [-0.3, -0.25) is 9.78 Å². The number of aromatic nitrogens is 1. The topological polar surface area (TPSA) is 70.5 Å². The highest BCUT2D eigenvalue weighted by Gasteiger charge is 2.49. The second-order valence-electron chi connectivity index (χ2n) is 4.51. The van der Waals surface area contributed by atoms with Gasteiger partial charge in [-0.1, -0.05) is 13.3 Å². The predicted octanol–water partition coefficient (Wildman–Crippen LogP) is 2.00. The highest BCUT2D eigenvalue weighted by molar-refractivity contribution is 7.11. The van der Waals surface area contributed by atoms with Gasteiger partial charge in [-0.15, -0.1) is 11.3 Å². The number of carbonyl (C=O) groups is 2. The number of nitrogens with zero attached hydrogens (tertiary/aromatic N) is 2. The Labute approximate surface area is 109 Å². The molecule has 1 N–H and O–H groups in total. The predicted molar refractivity (Wildman–Crippen MR) is 67.7 cm³/mol. The number of hydrogen-bond donors (Lipinski definition) is 1. The molecule has 0 aromatic carbocycles. The van der Waals surface area contributed by atoms with Gasteiger partial charge < -0.3 is 10.0 Å². The van der Waals surface area contributed by atoms with E-state index >= 15 is 0 Å². The van der Waals surface area contributed by atoms with Crippen LogP contribution in [-0.4, -0.2) is 39.0 Å². The first kappa shape index (κ1) is 13.0. The molecule has 1 fully saturated rings. The van der Waals surface area contributed by atoms with Crippen molar-refractivity contribution in [3.63, 3.8) is 0 Å². The molecule has 6 heteroatoms. The van der Waals surface area contributed by atoms with E-state index < -0.39 is 11.5 Å². The minimum absolute atomic E-state index is 0.203. The molecule has 0 bridgehead atoms. The Bertz CT molecular complexity index is 446. The van der Waals surface area contributed by atoms with Crippen molar-refractivity contribution in [2.75, 3.05) is 6.54 Å². The summed E-state index contributed by atoms with van der Waals surface area (Å²) in [5, 5.41) is 9.51. The molecule has 98 valence electrons. The van der Waals surface area contributed by atoms with Crippen LogP contribution in [0.5, 0.6) is 0 Å². The Balaban J connectivity index is 2.30. The van der Waals surface area contributed by atoms with Gasteiger partial charge in [0.15, 0.2) is 0 Å². The maximum absolute atomic E-state index is 12.3. The van der Waals surface area contributed by atoms with Gasteiger partial charge in [0.05, 0.1) is 11.7 Å². The lowest BCUT2D eigenvalue weighted by atomic mass is 9.90. The van der Waals surface area contributed by atoms with Gasteiger partial charge in [0.25, 0.3) is 5.91 Å². The van der Waals surface area contributed by atoms with Crippen molar-refractivity contribution < 1.29 is 14.7 Å². The summed E-state index contributed by atoms with van der Waals surface area (Å²) in [4.78, 5) is 29.8. The number of hydrogen-bond acceptors (Lipinski definition) is 4. The van der Waals surface area contributed by atoms with Gasteiger partial charge in [0.2, 0.25) is 0 Å². The summed E-state index contributed by atoms with van der Waals surface area (Å²) in [5.41, 5.74) is 0.571. The summed E-state index contributed by atoms with van der Waals surface area (Å²) in [6.07, 6.45) is 4.05. The van der Waals surface area contributed by atoms with Crippen molar-refractivity contribution in [2.24, 2.45) is 0 Å². The fraction of sp³-hybridized carbons (Fsp3) is 0.583. The number of aliphatic carboxylic acids is 1. The van der Waals surface area contributed by atoms with Crippen LogP contribution in [0, 0.1) is 0 Å². The zero-order valence-corrected chi connectivity index (χ0v) is 11.1. The summed E-state index contributed by atoms with van der Waals surface area (Å²) in [7, 11) is 0. The van der Waals surface area contributed by atoms with E-state index in [9.17, 15) is 14.7 Å². The second kappa shape index (κ2) is 5.06. The largest absolute Gasteiger partial charge is 0.479 e. The lowest BCUT2D eigenvalue weighted by Gasteiger charge is -2.34. The Morgan fingerprint density at radius 3 is 2.94 bits per heavy atom. The summed E-state index contributed by atoms with van der Waals surface area (Å²) >= 11 is 1.25. The summed E-state index contributed by atoms with van der Waals surface area (Å²) < 4.78 is 0. The number of carboxylic acid groups (broad SMARTS) is 1. The molecule has 1 saturated heterocycles.